The zero-order chi connectivity index (χ0) is 22.5. The van der Waals surface area contributed by atoms with Gasteiger partial charge in [-0.15, -0.1) is 0 Å². The molecule has 31 heavy (non-hydrogen) atoms. The number of rotatable bonds is 11. The predicted octanol–water partition coefficient (Wildman–Crippen LogP) is 1.17. The van der Waals surface area contributed by atoms with Gasteiger partial charge in [-0.3, -0.25) is 5.73 Å². The number of hydrogen-bond acceptors (Lipinski definition) is 6. The minimum Gasteiger partial charge on any atom is -0.478 e. The number of benzene rings is 2. The van der Waals surface area contributed by atoms with E-state index in [0.717, 1.165) is 11.1 Å². The zero-order valence-electron chi connectivity index (χ0n) is 16.9. The van der Waals surface area contributed by atoms with Gasteiger partial charge in [0, 0.05) is 13.1 Å². The van der Waals surface area contributed by atoms with Crippen molar-refractivity contribution in [3.8, 4) is 0 Å². The number of nitrogens with two attached hydrogens (primary N) is 1. The highest BCUT2D eigenvalue weighted by Gasteiger charge is 2.36. The molecule has 10 heteroatoms. The van der Waals surface area contributed by atoms with E-state index in [1.54, 1.807) is 0 Å². The van der Waals surface area contributed by atoms with Crippen molar-refractivity contribution >= 4 is 18.1 Å². The van der Waals surface area contributed by atoms with Gasteiger partial charge in [0.05, 0.1) is 13.2 Å². The van der Waals surface area contributed by atoms with Crippen molar-refractivity contribution in [2.45, 2.75) is 18.9 Å². The molecule has 2 aromatic carbocycles. The van der Waals surface area contributed by atoms with E-state index in [4.69, 9.17) is 15.2 Å². The lowest BCUT2D eigenvalue weighted by atomic mass is 10.2. The van der Waals surface area contributed by atoms with Crippen molar-refractivity contribution in [2.24, 2.45) is 5.73 Å². The van der Waals surface area contributed by atoms with Crippen LogP contribution >= 0.6 is 0 Å². The van der Waals surface area contributed by atoms with E-state index in [1.165, 1.54) is 0 Å². The van der Waals surface area contributed by atoms with E-state index in [-0.39, 0.29) is 26.3 Å². The van der Waals surface area contributed by atoms with Crippen molar-refractivity contribution in [3.63, 3.8) is 0 Å². The van der Waals surface area contributed by atoms with Crippen molar-refractivity contribution in [1.82, 2.24) is 16.0 Å². The molecular weight excluding hydrogens is 404 g/mol. The summed E-state index contributed by atoms with van der Waals surface area (Å²) in [6.45, 7) is -0.0546. The fourth-order valence-electron chi connectivity index (χ4n) is 2.42. The molecular formula is C21H26N4O6. The summed E-state index contributed by atoms with van der Waals surface area (Å²) in [6, 6.07) is 17.5. The number of carboxylic acids is 1. The maximum atomic E-state index is 12.0. The fraction of sp³-hybridized carbons (Fsp3) is 0.286. The molecule has 0 saturated carbocycles. The number of alkyl carbamates (subject to hydrolysis) is 1. The Balaban J connectivity index is 1.66. The Labute approximate surface area is 179 Å². The Morgan fingerprint density at radius 1 is 0.871 bits per heavy atom. The fourth-order valence-corrected chi connectivity index (χ4v) is 2.42. The molecule has 0 fully saturated rings. The SMILES string of the molecule is N[C@@](COCc1ccccc1)(NC(=O)NCCNC(=O)OCc1ccccc1)C(=O)O. The smallest absolute Gasteiger partial charge is 0.407 e. The molecule has 3 amide bonds. The van der Waals surface area contributed by atoms with E-state index in [2.05, 4.69) is 16.0 Å². The second-order valence-electron chi connectivity index (χ2n) is 6.62. The second-order valence-corrected chi connectivity index (χ2v) is 6.62. The summed E-state index contributed by atoms with van der Waals surface area (Å²) in [5.41, 5.74) is 5.34. The van der Waals surface area contributed by atoms with Crippen LogP contribution in [0.15, 0.2) is 60.7 Å². The first kappa shape index (κ1) is 23.6. The molecule has 0 radical (unpaired) electrons. The van der Waals surface area contributed by atoms with Crippen LogP contribution < -0.4 is 21.7 Å². The van der Waals surface area contributed by atoms with Gasteiger partial charge in [-0.1, -0.05) is 60.7 Å². The Morgan fingerprint density at radius 3 is 2.00 bits per heavy atom. The van der Waals surface area contributed by atoms with Gasteiger partial charge in [-0.25, -0.2) is 14.4 Å². The topological polar surface area (TPSA) is 152 Å². The number of nitrogens with one attached hydrogen (secondary N) is 3. The van der Waals surface area contributed by atoms with Crippen LogP contribution in [0.4, 0.5) is 9.59 Å². The number of urea groups is 1. The summed E-state index contributed by atoms with van der Waals surface area (Å²) in [4.78, 5) is 35.1. The van der Waals surface area contributed by atoms with Gasteiger partial charge >= 0.3 is 18.1 Å². The van der Waals surface area contributed by atoms with Crippen LogP contribution in [-0.2, 0) is 27.5 Å². The largest absolute Gasteiger partial charge is 0.478 e. The quantitative estimate of drug-likeness (QED) is 0.265. The molecule has 6 N–H and O–H groups in total. The van der Waals surface area contributed by atoms with Crippen molar-refractivity contribution in [2.75, 3.05) is 19.7 Å². The Kier molecular flexibility index (Phi) is 9.27. The maximum Gasteiger partial charge on any atom is 0.407 e. The lowest BCUT2D eigenvalue weighted by Gasteiger charge is -2.26. The van der Waals surface area contributed by atoms with E-state index in [9.17, 15) is 19.5 Å². The van der Waals surface area contributed by atoms with Crippen LogP contribution in [0.25, 0.3) is 0 Å². The van der Waals surface area contributed by atoms with E-state index >= 15 is 0 Å². The Bertz CT molecular complexity index is 849. The highest BCUT2D eigenvalue weighted by atomic mass is 16.5. The first-order valence-corrected chi connectivity index (χ1v) is 9.53. The van der Waals surface area contributed by atoms with Crippen LogP contribution in [0.2, 0.25) is 0 Å². The predicted molar refractivity (Wildman–Crippen MR) is 112 cm³/mol. The molecule has 10 nitrogen and oxygen atoms in total. The normalized spacial score (nSPS) is 12.3. The first-order chi connectivity index (χ1) is 14.9. The molecule has 0 unspecified atom stereocenters. The molecule has 0 spiro atoms. The molecule has 0 saturated heterocycles. The molecule has 2 aromatic rings. The van der Waals surface area contributed by atoms with Gasteiger partial charge in [0.15, 0.2) is 0 Å². The van der Waals surface area contributed by atoms with Crippen LogP contribution in [0.5, 0.6) is 0 Å². The number of carbonyl (C=O) groups is 3. The molecule has 0 aliphatic carbocycles. The Hall–Kier alpha value is -3.63. The molecule has 2 rings (SSSR count). The van der Waals surface area contributed by atoms with Crippen molar-refractivity contribution in [1.29, 1.82) is 0 Å². The average molecular weight is 430 g/mol. The highest BCUT2D eigenvalue weighted by molar-refractivity contribution is 5.85. The molecule has 0 bridgehead atoms. The average Bonchev–Trinajstić information content (AvgIpc) is 2.76. The summed E-state index contributed by atoms with van der Waals surface area (Å²) in [5, 5.41) is 16.4. The number of ether oxygens (including phenoxy) is 2. The summed E-state index contributed by atoms with van der Waals surface area (Å²) >= 11 is 0. The summed E-state index contributed by atoms with van der Waals surface area (Å²) in [5.74, 6) is -1.45. The highest BCUT2D eigenvalue weighted by Crippen LogP contribution is 2.04. The monoisotopic (exact) mass is 430 g/mol. The van der Waals surface area contributed by atoms with E-state index in [0.29, 0.717) is 0 Å². The minimum absolute atomic E-state index is 0.0346. The first-order valence-electron chi connectivity index (χ1n) is 9.53. The number of carbonyl (C=O) groups excluding carboxylic acids is 2. The van der Waals surface area contributed by atoms with E-state index < -0.39 is 30.4 Å². The van der Waals surface area contributed by atoms with Gasteiger partial charge in [0.25, 0.3) is 0 Å². The lowest BCUT2D eigenvalue weighted by Crippen LogP contribution is -2.66. The number of carboxylic acid groups (broad SMARTS) is 1. The third-order valence-electron chi connectivity index (χ3n) is 4.05. The molecule has 0 aromatic heterocycles. The molecule has 1 atom stereocenters. The zero-order valence-corrected chi connectivity index (χ0v) is 16.9. The lowest BCUT2D eigenvalue weighted by molar-refractivity contribution is -0.147. The molecule has 0 aliphatic heterocycles. The van der Waals surface area contributed by atoms with Crippen LogP contribution in [-0.4, -0.2) is 48.6 Å². The molecule has 0 heterocycles. The van der Waals surface area contributed by atoms with Crippen molar-refractivity contribution < 1.29 is 29.0 Å². The second kappa shape index (κ2) is 12.2. The van der Waals surface area contributed by atoms with E-state index in [1.807, 2.05) is 60.7 Å². The van der Waals surface area contributed by atoms with Gasteiger partial charge in [-0.2, -0.15) is 0 Å². The van der Waals surface area contributed by atoms with Gasteiger partial charge in [0.1, 0.15) is 6.61 Å². The number of aliphatic carboxylic acids is 1. The van der Waals surface area contributed by atoms with Crippen molar-refractivity contribution in [3.05, 3.63) is 71.8 Å². The van der Waals surface area contributed by atoms with Crippen LogP contribution in [0.1, 0.15) is 11.1 Å². The summed E-state index contributed by atoms with van der Waals surface area (Å²) in [7, 11) is 0. The van der Waals surface area contributed by atoms with Gasteiger partial charge in [0.2, 0.25) is 5.66 Å². The van der Waals surface area contributed by atoms with Gasteiger partial charge < -0.3 is 30.5 Å². The minimum atomic E-state index is -2.11. The van der Waals surface area contributed by atoms with Gasteiger partial charge in [-0.05, 0) is 11.1 Å². The number of hydrogen-bond donors (Lipinski definition) is 5. The van der Waals surface area contributed by atoms with Crippen LogP contribution in [0.3, 0.4) is 0 Å². The standard InChI is InChI=1S/C21H26N4O6/c22-21(18(26)27,15-30-13-16-7-3-1-4-8-16)25-19(28)23-11-12-24-20(29)31-14-17-9-5-2-6-10-17/h1-10H,11-15,22H2,(H,24,29)(H,26,27)(H2,23,25,28)/t21-/m0/s1. The van der Waals surface area contributed by atoms with Crippen LogP contribution in [0, 0.1) is 0 Å². The number of amides is 3. The third-order valence-corrected chi connectivity index (χ3v) is 4.05. The summed E-state index contributed by atoms with van der Waals surface area (Å²) in [6.07, 6.45) is -0.640. The Morgan fingerprint density at radius 2 is 1.42 bits per heavy atom. The molecule has 166 valence electrons. The molecule has 0 aliphatic rings. The third kappa shape index (κ3) is 8.72. The summed E-state index contributed by atoms with van der Waals surface area (Å²) < 4.78 is 10.4. The maximum absolute atomic E-state index is 12.0.